The summed E-state index contributed by atoms with van der Waals surface area (Å²) in [5.74, 6) is 0. The molecule has 0 radical (unpaired) electrons. The highest BCUT2D eigenvalue weighted by molar-refractivity contribution is 7.99. The van der Waals surface area contributed by atoms with Crippen LogP contribution < -0.4 is 0 Å². The van der Waals surface area contributed by atoms with Crippen LogP contribution in [-0.4, -0.2) is 25.9 Å². The predicted molar refractivity (Wildman–Crippen MR) is 49.1 cm³/mol. The molecule has 0 aliphatic rings. The van der Waals surface area contributed by atoms with Crippen molar-refractivity contribution >= 4 is 21.6 Å². The third kappa shape index (κ3) is 1.98. The maximum Gasteiger partial charge on any atom is 0.178 e. The quantitative estimate of drug-likeness (QED) is 0.678. The molecule has 0 aliphatic heterocycles. The van der Waals surface area contributed by atoms with Gasteiger partial charge in [0.15, 0.2) is 9.84 Å². The van der Waals surface area contributed by atoms with Gasteiger partial charge in [0.2, 0.25) is 0 Å². The summed E-state index contributed by atoms with van der Waals surface area (Å²) in [5.41, 5.74) is 0. The molecule has 0 saturated heterocycles. The van der Waals surface area contributed by atoms with Crippen LogP contribution in [-0.2, 0) is 9.84 Å². The Kier molecular flexibility index (Phi) is 2.74. The Hall–Kier alpha value is -0.550. The van der Waals surface area contributed by atoms with Gasteiger partial charge in [-0.2, -0.15) is 0 Å². The molecule has 0 atom stereocenters. The maximum absolute atomic E-state index is 11.2. The first kappa shape index (κ1) is 9.54. The van der Waals surface area contributed by atoms with Gasteiger partial charge < -0.3 is 0 Å². The molecule has 1 heterocycles. The van der Waals surface area contributed by atoms with Crippen LogP contribution in [0.2, 0.25) is 0 Å². The number of rotatable bonds is 2. The Balaban J connectivity index is 3.33. The zero-order valence-electron chi connectivity index (χ0n) is 6.81. The summed E-state index contributed by atoms with van der Waals surface area (Å²) >= 11 is 1.40. The Morgan fingerprint density at radius 2 is 2.17 bits per heavy atom. The Labute approximate surface area is 76.1 Å². The standard InChI is InChI=1S/C7H9NO2S2/c1-11-6-3-4-8-5-7(6)12(2,9)10/h3-5H,1-2H3. The molecular weight excluding hydrogens is 194 g/mol. The normalized spacial score (nSPS) is 11.5. The summed E-state index contributed by atoms with van der Waals surface area (Å²) in [7, 11) is -3.13. The first-order valence-electron chi connectivity index (χ1n) is 3.24. The topological polar surface area (TPSA) is 47.0 Å². The van der Waals surface area contributed by atoms with Gasteiger partial charge in [-0.05, 0) is 12.3 Å². The van der Waals surface area contributed by atoms with E-state index in [9.17, 15) is 8.42 Å². The predicted octanol–water partition coefficient (Wildman–Crippen LogP) is 1.21. The summed E-state index contributed by atoms with van der Waals surface area (Å²) in [6.07, 6.45) is 5.98. The van der Waals surface area contributed by atoms with Crippen LogP contribution >= 0.6 is 11.8 Å². The summed E-state index contributed by atoms with van der Waals surface area (Å²) < 4.78 is 22.3. The lowest BCUT2D eigenvalue weighted by atomic mass is 10.5. The smallest absolute Gasteiger partial charge is 0.178 e. The molecule has 0 amide bonds. The van der Waals surface area contributed by atoms with E-state index in [1.54, 1.807) is 12.3 Å². The molecule has 0 spiro atoms. The third-order valence-corrected chi connectivity index (χ3v) is 3.42. The summed E-state index contributed by atoms with van der Waals surface area (Å²) in [6, 6.07) is 1.70. The van der Waals surface area contributed by atoms with Crippen LogP contribution in [0.15, 0.2) is 28.3 Å². The molecule has 1 aromatic heterocycles. The molecule has 0 aliphatic carbocycles. The van der Waals surface area contributed by atoms with Gasteiger partial charge in [-0.3, -0.25) is 4.98 Å². The Bertz CT molecular complexity index is 373. The molecule has 3 nitrogen and oxygen atoms in total. The van der Waals surface area contributed by atoms with Crippen LogP contribution in [0.3, 0.4) is 0 Å². The van der Waals surface area contributed by atoms with Crippen molar-refractivity contribution in [2.75, 3.05) is 12.5 Å². The van der Waals surface area contributed by atoms with Crippen molar-refractivity contribution in [3.8, 4) is 0 Å². The second-order valence-corrected chi connectivity index (χ2v) is 5.13. The van der Waals surface area contributed by atoms with E-state index in [-0.39, 0.29) is 0 Å². The number of sulfone groups is 1. The molecule has 1 rings (SSSR count). The average molecular weight is 203 g/mol. The van der Waals surface area contributed by atoms with E-state index < -0.39 is 9.84 Å². The first-order valence-corrected chi connectivity index (χ1v) is 6.35. The number of nitrogens with zero attached hydrogens (tertiary/aromatic N) is 1. The lowest BCUT2D eigenvalue weighted by Crippen LogP contribution is -1.99. The fourth-order valence-electron chi connectivity index (χ4n) is 0.814. The van der Waals surface area contributed by atoms with Gasteiger partial charge in [0.05, 0.1) is 4.90 Å². The molecule has 5 heteroatoms. The maximum atomic E-state index is 11.2. The Morgan fingerprint density at radius 3 is 2.58 bits per heavy atom. The van der Waals surface area contributed by atoms with Crippen molar-refractivity contribution in [1.29, 1.82) is 0 Å². The summed E-state index contributed by atoms with van der Waals surface area (Å²) in [6.45, 7) is 0. The van der Waals surface area contributed by atoms with Gasteiger partial charge in [-0.15, -0.1) is 11.8 Å². The molecule has 0 N–H and O–H groups in total. The van der Waals surface area contributed by atoms with E-state index in [0.717, 1.165) is 4.90 Å². The fourth-order valence-corrected chi connectivity index (χ4v) is 2.66. The third-order valence-electron chi connectivity index (χ3n) is 1.37. The largest absolute Gasteiger partial charge is 0.263 e. The zero-order valence-corrected chi connectivity index (χ0v) is 8.45. The molecular formula is C7H9NO2S2. The van der Waals surface area contributed by atoms with E-state index in [1.165, 1.54) is 24.2 Å². The molecule has 12 heavy (non-hydrogen) atoms. The summed E-state index contributed by atoms with van der Waals surface area (Å²) in [4.78, 5) is 4.81. The number of pyridine rings is 1. The highest BCUT2D eigenvalue weighted by Gasteiger charge is 2.11. The molecule has 0 fully saturated rings. The van der Waals surface area contributed by atoms with Gasteiger partial charge in [-0.25, -0.2) is 8.42 Å². The van der Waals surface area contributed by atoms with Crippen LogP contribution in [0.5, 0.6) is 0 Å². The minimum atomic E-state index is -3.13. The van der Waals surface area contributed by atoms with Crippen molar-refractivity contribution in [2.45, 2.75) is 9.79 Å². The highest BCUT2D eigenvalue weighted by atomic mass is 32.2. The van der Waals surface area contributed by atoms with Crippen LogP contribution in [0, 0.1) is 0 Å². The SMILES string of the molecule is CSc1ccncc1S(C)(=O)=O. The van der Waals surface area contributed by atoms with E-state index >= 15 is 0 Å². The second kappa shape index (κ2) is 3.45. The molecule has 0 unspecified atom stereocenters. The minimum Gasteiger partial charge on any atom is -0.263 e. The van der Waals surface area contributed by atoms with Crippen molar-refractivity contribution < 1.29 is 8.42 Å². The van der Waals surface area contributed by atoms with Gasteiger partial charge in [-0.1, -0.05) is 0 Å². The minimum absolute atomic E-state index is 0.303. The van der Waals surface area contributed by atoms with Crippen molar-refractivity contribution in [3.63, 3.8) is 0 Å². The summed E-state index contributed by atoms with van der Waals surface area (Å²) in [5, 5.41) is 0. The van der Waals surface area contributed by atoms with Crippen molar-refractivity contribution in [3.05, 3.63) is 18.5 Å². The fraction of sp³-hybridized carbons (Fsp3) is 0.286. The number of aromatic nitrogens is 1. The second-order valence-electron chi connectivity index (χ2n) is 2.30. The lowest BCUT2D eigenvalue weighted by molar-refractivity contribution is 0.599. The van der Waals surface area contributed by atoms with Crippen molar-refractivity contribution in [2.24, 2.45) is 0 Å². The average Bonchev–Trinajstić information content (AvgIpc) is 2.03. The van der Waals surface area contributed by atoms with Gasteiger partial charge >= 0.3 is 0 Å². The molecule has 0 saturated carbocycles. The van der Waals surface area contributed by atoms with Gasteiger partial charge in [0.1, 0.15) is 0 Å². The van der Waals surface area contributed by atoms with Crippen LogP contribution in [0.4, 0.5) is 0 Å². The highest BCUT2D eigenvalue weighted by Crippen LogP contribution is 2.22. The van der Waals surface area contributed by atoms with E-state index in [4.69, 9.17) is 0 Å². The van der Waals surface area contributed by atoms with Crippen LogP contribution in [0.1, 0.15) is 0 Å². The molecule has 1 aromatic rings. The van der Waals surface area contributed by atoms with Crippen molar-refractivity contribution in [1.82, 2.24) is 4.98 Å². The van der Waals surface area contributed by atoms with E-state index in [0.29, 0.717) is 4.90 Å². The van der Waals surface area contributed by atoms with E-state index in [2.05, 4.69) is 4.98 Å². The zero-order chi connectivity index (χ0) is 9.19. The monoisotopic (exact) mass is 203 g/mol. The molecule has 66 valence electrons. The van der Waals surface area contributed by atoms with E-state index in [1.807, 2.05) is 6.26 Å². The lowest BCUT2D eigenvalue weighted by Gasteiger charge is -2.02. The molecule has 0 aromatic carbocycles. The number of hydrogen-bond donors (Lipinski definition) is 0. The van der Waals surface area contributed by atoms with Gasteiger partial charge in [0, 0.05) is 23.5 Å². The number of hydrogen-bond acceptors (Lipinski definition) is 4. The van der Waals surface area contributed by atoms with Gasteiger partial charge in [0.25, 0.3) is 0 Å². The first-order chi connectivity index (χ1) is 5.55. The van der Waals surface area contributed by atoms with Crippen LogP contribution in [0.25, 0.3) is 0 Å². The molecule has 0 bridgehead atoms. The number of thioether (sulfide) groups is 1. The Morgan fingerprint density at radius 1 is 1.50 bits per heavy atom.